The zero-order valence-corrected chi connectivity index (χ0v) is 24.9. The van der Waals surface area contributed by atoms with Crippen molar-refractivity contribution in [3.63, 3.8) is 0 Å². The lowest BCUT2D eigenvalue weighted by molar-refractivity contribution is -0.138. The zero-order valence-electron chi connectivity index (χ0n) is 24.1. The van der Waals surface area contributed by atoms with Crippen LogP contribution in [0.2, 0.25) is 5.02 Å². The molecule has 0 bridgehead atoms. The summed E-state index contributed by atoms with van der Waals surface area (Å²) in [6, 6.07) is 6.93. The summed E-state index contributed by atoms with van der Waals surface area (Å²) in [5, 5.41) is 0.0562. The van der Waals surface area contributed by atoms with Crippen molar-refractivity contribution < 1.29 is 46.1 Å². The average molecular weight is 627 g/mol. The monoisotopic (exact) mass is 626 g/mol. The number of alkyl halides is 3. The molecule has 1 amide bonds. The SMILES string of the molecule is C=Cc1cnc(Oc2ccc(N(C(=O)c3ccc(Cl)cc3F)C(COC)COC)c(C(=O)OC)c2)c(C(F)(F)F)c1.CC. The van der Waals surface area contributed by atoms with Crippen LogP contribution in [0.3, 0.4) is 0 Å². The van der Waals surface area contributed by atoms with Crippen LogP contribution in [0.5, 0.6) is 11.6 Å². The maximum atomic E-state index is 14.8. The van der Waals surface area contributed by atoms with Crippen LogP contribution in [-0.4, -0.2) is 57.4 Å². The van der Waals surface area contributed by atoms with Crippen molar-refractivity contribution in [3.8, 4) is 11.6 Å². The Morgan fingerprint density at radius 1 is 1.02 bits per heavy atom. The Morgan fingerprint density at radius 3 is 2.21 bits per heavy atom. The molecule has 0 fully saturated rings. The Kier molecular flexibility index (Phi) is 13.1. The van der Waals surface area contributed by atoms with Crippen molar-refractivity contribution in [3.05, 3.63) is 88.3 Å². The molecule has 43 heavy (non-hydrogen) atoms. The maximum Gasteiger partial charge on any atom is 0.421 e. The van der Waals surface area contributed by atoms with Crippen molar-refractivity contribution in [2.75, 3.05) is 39.4 Å². The van der Waals surface area contributed by atoms with Crippen molar-refractivity contribution in [2.24, 2.45) is 0 Å². The van der Waals surface area contributed by atoms with Gasteiger partial charge in [-0.3, -0.25) is 9.69 Å². The molecule has 0 spiro atoms. The van der Waals surface area contributed by atoms with Crippen LogP contribution in [0.25, 0.3) is 6.08 Å². The number of halogens is 5. The van der Waals surface area contributed by atoms with Gasteiger partial charge in [-0.2, -0.15) is 13.2 Å². The number of methoxy groups -OCH3 is 3. The summed E-state index contributed by atoms with van der Waals surface area (Å²) < 4.78 is 76.7. The number of hydrogen-bond donors (Lipinski definition) is 0. The first-order valence-corrected chi connectivity index (χ1v) is 13.2. The molecule has 3 aromatic rings. The molecule has 0 N–H and O–H groups in total. The highest BCUT2D eigenvalue weighted by molar-refractivity contribution is 6.30. The van der Waals surface area contributed by atoms with E-state index in [9.17, 15) is 27.2 Å². The minimum atomic E-state index is -4.81. The smallest absolute Gasteiger partial charge is 0.421 e. The fourth-order valence-electron chi connectivity index (χ4n) is 3.88. The Balaban J connectivity index is 0.00000316. The topological polar surface area (TPSA) is 87.2 Å². The summed E-state index contributed by atoms with van der Waals surface area (Å²) in [5.74, 6) is -3.76. The van der Waals surface area contributed by atoms with E-state index in [2.05, 4.69) is 11.6 Å². The molecule has 0 saturated heterocycles. The zero-order chi connectivity index (χ0) is 32.3. The highest BCUT2D eigenvalue weighted by Gasteiger charge is 2.36. The number of amides is 1. The molecule has 8 nitrogen and oxygen atoms in total. The summed E-state index contributed by atoms with van der Waals surface area (Å²) in [5.41, 5.74) is -1.78. The maximum absolute atomic E-state index is 14.8. The van der Waals surface area contributed by atoms with E-state index in [4.69, 9.17) is 30.5 Å². The molecule has 0 saturated carbocycles. The van der Waals surface area contributed by atoms with Gasteiger partial charge < -0.3 is 18.9 Å². The first kappa shape index (κ1) is 35.2. The third kappa shape index (κ3) is 8.76. The Hall–Kier alpha value is -4.00. The summed E-state index contributed by atoms with van der Waals surface area (Å²) in [6.07, 6.45) is -2.48. The fourth-order valence-corrected chi connectivity index (χ4v) is 4.04. The van der Waals surface area contributed by atoms with Crippen LogP contribution < -0.4 is 9.64 Å². The summed E-state index contributed by atoms with van der Waals surface area (Å²) >= 11 is 5.85. The van der Waals surface area contributed by atoms with Crippen LogP contribution in [0.4, 0.5) is 23.2 Å². The van der Waals surface area contributed by atoms with Gasteiger partial charge in [-0.15, -0.1) is 0 Å². The number of esters is 1. The van der Waals surface area contributed by atoms with Gasteiger partial charge in [0, 0.05) is 25.4 Å². The van der Waals surface area contributed by atoms with Gasteiger partial charge in [0.15, 0.2) is 0 Å². The molecule has 1 aromatic heterocycles. The van der Waals surface area contributed by atoms with Crippen LogP contribution in [0, 0.1) is 5.82 Å². The lowest BCUT2D eigenvalue weighted by Gasteiger charge is -2.32. The molecule has 2 aromatic carbocycles. The molecule has 13 heteroatoms. The number of aromatic nitrogens is 1. The molecule has 0 atom stereocenters. The predicted octanol–water partition coefficient (Wildman–Crippen LogP) is 7.45. The molecule has 0 unspecified atom stereocenters. The number of pyridine rings is 1. The molecular weight excluding hydrogens is 596 g/mol. The van der Waals surface area contributed by atoms with Crippen molar-refractivity contribution in [1.29, 1.82) is 0 Å². The molecule has 0 aliphatic carbocycles. The van der Waals surface area contributed by atoms with E-state index in [1.54, 1.807) is 0 Å². The Morgan fingerprint density at radius 2 is 1.67 bits per heavy atom. The lowest BCUT2D eigenvalue weighted by Crippen LogP contribution is -2.46. The molecular formula is C30H31ClF4N2O6. The number of benzene rings is 2. The number of rotatable bonds is 11. The van der Waals surface area contributed by atoms with E-state index >= 15 is 0 Å². The van der Waals surface area contributed by atoms with E-state index in [0.29, 0.717) is 0 Å². The van der Waals surface area contributed by atoms with Crippen LogP contribution in [0.1, 0.15) is 45.7 Å². The largest absolute Gasteiger partial charge is 0.465 e. The van der Waals surface area contributed by atoms with Gasteiger partial charge in [-0.25, -0.2) is 14.2 Å². The van der Waals surface area contributed by atoms with Gasteiger partial charge in [0.2, 0.25) is 5.88 Å². The Bertz CT molecular complexity index is 1430. The van der Waals surface area contributed by atoms with Crippen LogP contribution in [0.15, 0.2) is 55.2 Å². The fraction of sp³-hybridized carbons (Fsp3) is 0.300. The first-order chi connectivity index (χ1) is 20.4. The molecule has 232 valence electrons. The van der Waals surface area contributed by atoms with Gasteiger partial charge in [0.05, 0.1) is 43.2 Å². The predicted molar refractivity (Wildman–Crippen MR) is 154 cm³/mol. The highest BCUT2D eigenvalue weighted by atomic mass is 35.5. The van der Waals surface area contributed by atoms with Crippen LogP contribution in [-0.2, 0) is 20.4 Å². The Labute approximate surface area is 251 Å². The van der Waals surface area contributed by atoms with Gasteiger partial charge in [-0.05, 0) is 48.0 Å². The minimum Gasteiger partial charge on any atom is -0.465 e. The van der Waals surface area contributed by atoms with E-state index in [1.807, 2.05) is 13.8 Å². The van der Waals surface area contributed by atoms with E-state index in [-0.39, 0.29) is 46.4 Å². The van der Waals surface area contributed by atoms with Crippen molar-refractivity contribution >= 4 is 35.2 Å². The number of carbonyl (C=O) groups excluding carboxylic acids is 2. The van der Waals surface area contributed by atoms with E-state index in [0.717, 1.165) is 36.4 Å². The van der Waals surface area contributed by atoms with E-state index in [1.165, 1.54) is 44.6 Å². The van der Waals surface area contributed by atoms with Gasteiger partial charge in [0.25, 0.3) is 5.91 Å². The normalized spacial score (nSPS) is 11.0. The van der Waals surface area contributed by atoms with Gasteiger partial charge in [0.1, 0.15) is 17.1 Å². The third-order valence-electron chi connectivity index (χ3n) is 5.72. The quantitative estimate of drug-likeness (QED) is 0.161. The number of nitrogens with zero attached hydrogens (tertiary/aromatic N) is 2. The molecule has 0 radical (unpaired) electrons. The van der Waals surface area contributed by atoms with Crippen molar-refractivity contribution in [2.45, 2.75) is 26.1 Å². The average Bonchev–Trinajstić information content (AvgIpc) is 2.98. The summed E-state index contributed by atoms with van der Waals surface area (Å²) in [6.45, 7) is 7.25. The number of hydrogen-bond acceptors (Lipinski definition) is 7. The van der Waals surface area contributed by atoms with Crippen molar-refractivity contribution in [1.82, 2.24) is 4.98 Å². The van der Waals surface area contributed by atoms with E-state index < -0.39 is 41.4 Å². The second-order valence-corrected chi connectivity index (χ2v) is 8.90. The molecule has 1 heterocycles. The molecule has 0 aliphatic heterocycles. The van der Waals surface area contributed by atoms with Crippen LogP contribution >= 0.6 is 11.6 Å². The second kappa shape index (κ2) is 16.0. The van der Waals surface area contributed by atoms with Gasteiger partial charge in [-0.1, -0.05) is 38.1 Å². The highest BCUT2D eigenvalue weighted by Crippen LogP contribution is 2.39. The third-order valence-corrected chi connectivity index (χ3v) is 5.96. The summed E-state index contributed by atoms with van der Waals surface area (Å²) in [7, 11) is 3.81. The standard InChI is InChI=1S/C28H25ClF4N2O6.C2H6/c1-5-16-10-22(28(31,32)33)25(34-13-16)41-19-7-9-24(21(12-19)27(37)40-4)35(18(14-38-2)15-39-3)26(36)20-8-6-17(29)11-23(20)30;1-2/h5-13,18H,1,14-15H2,2-4H3;1-2H3. The number of ether oxygens (including phenoxy) is 4. The first-order valence-electron chi connectivity index (χ1n) is 12.8. The number of anilines is 1. The van der Waals surface area contributed by atoms with Gasteiger partial charge >= 0.3 is 12.1 Å². The summed E-state index contributed by atoms with van der Waals surface area (Å²) in [4.78, 5) is 31.4. The lowest BCUT2D eigenvalue weighted by atomic mass is 10.1. The molecule has 0 aliphatic rings. The number of carbonyl (C=O) groups is 2. The minimum absolute atomic E-state index is 0.0562. The second-order valence-electron chi connectivity index (χ2n) is 8.46. The molecule has 3 rings (SSSR count).